The molecule has 2 aliphatic heterocycles. The van der Waals surface area contributed by atoms with E-state index in [2.05, 4.69) is 41.8 Å². The number of carbonyl (C=O) groups excluding carboxylic acids is 2. The lowest BCUT2D eigenvalue weighted by molar-refractivity contribution is -0.115. The van der Waals surface area contributed by atoms with E-state index in [9.17, 15) is 9.59 Å². The first-order valence-corrected chi connectivity index (χ1v) is 11.7. The molecule has 1 saturated heterocycles. The van der Waals surface area contributed by atoms with E-state index in [1.165, 1.54) is 0 Å². The minimum absolute atomic E-state index is 0.00467. The number of carbonyl (C=O) groups is 2. The van der Waals surface area contributed by atoms with Gasteiger partial charge in [-0.05, 0) is 64.7 Å². The number of nitrogens with one attached hydrogen (secondary N) is 3. The Morgan fingerprint density at radius 1 is 1.12 bits per heavy atom. The molecule has 0 spiro atoms. The van der Waals surface area contributed by atoms with Crippen LogP contribution < -0.4 is 16.0 Å². The lowest BCUT2D eigenvalue weighted by atomic mass is 10.0. The van der Waals surface area contributed by atoms with Crippen molar-refractivity contribution in [3.63, 3.8) is 0 Å². The zero-order valence-corrected chi connectivity index (χ0v) is 19.4. The van der Waals surface area contributed by atoms with Gasteiger partial charge in [0.2, 0.25) is 11.9 Å². The summed E-state index contributed by atoms with van der Waals surface area (Å²) >= 11 is 3.53. The molecule has 0 radical (unpaired) electrons. The average molecular weight is 507 g/mol. The largest absolute Gasteiger partial charge is 0.366 e. The van der Waals surface area contributed by atoms with E-state index < -0.39 is 0 Å². The second kappa shape index (κ2) is 9.19. The van der Waals surface area contributed by atoms with E-state index in [4.69, 9.17) is 0 Å². The molecule has 3 N–H and O–H groups in total. The summed E-state index contributed by atoms with van der Waals surface area (Å²) in [4.78, 5) is 35.1. The lowest BCUT2D eigenvalue weighted by Crippen LogP contribution is -2.42. The third-order valence-electron chi connectivity index (χ3n) is 5.87. The van der Waals surface area contributed by atoms with Gasteiger partial charge in [0, 0.05) is 42.3 Å². The van der Waals surface area contributed by atoms with Gasteiger partial charge in [-0.3, -0.25) is 9.59 Å². The highest BCUT2D eigenvalue weighted by atomic mass is 79.9. The zero-order valence-electron chi connectivity index (χ0n) is 17.8. The van der Waals surface area contributed by atoms with Gasteiger partial charge in [0.1, 0.15) is 5.82 Å². The predicted molar refractivity (Wildman–Crippen MR) is 131 cm³/mol. The average Bonchev–Trinajstić information content (AvgIpc) is 3.21. The first-order chi connectivity index (χ1) is 16.0. The Morgan fingerprint density at radius 2 is 1.91 bits per heavy atom. The Morgan fingerprint density at radius 3 is 2.70 bits per heavy atom. The van der Waals surface area contributed by atoms with Crippen LogP contribution in [0.15, 0.2) is 59.2 Å². The maximum Gasteiger partial charge on any atom is 0.253 e. The van der Waals surface area contributed by atoms with Crippen LogP contribution in [-0.4, -0.2) is 45.8 Å². The van der Waals surface area contributed by atoms with E-state index in [1.807, 2.05) is 53.4 Å². The number of aromatic nitrogens is 2. The van der Waals surface area contributed by atoms with Crippen molar-refractivity contribution in [2.75, 3.05) is 29.0 Å². The second-order valence-corrected chi connectivity index (χ2v) is 9.04. The smallest absolute Gasteiger partial charge is 0.253 e. The molecular weight excluding hydrogens is 484 g/mol. The quantitative estimate of drug-likeness (QED) is 0.479. The van der Waals surface area contributed by atoms with Gasteiger partial charge < -0.3 is 20.9 Å². The first kappa shape index (κ1) is 21.4. The fourth-order valence-electron chi connectivity index (χ4n) is 4.15. The molecule has 2 amide bonds. The Kier molecular flexibility index (Phi) is 5.95. The van der Waals surface area contributed by atoms with Crippen LogP contribution in [0.4, 0.5) is 23.1 Å². The Bertz CT molecular complexity index is 1190. The Balaban J connectivity index is 1.21. The van der Waals surface area contributed by atoms with Gasteiger partial charge in [0.15, 0.2) is 0 Å². The van der Waals surface area contributed by atoms with Crippen molar-refractivity contribution >= 4 is 50.9 Å². The second-order valence-electron chi connectivity index (χ2n) is 8.19. The predicted octanol–water partition coefficient (Wildman–Crippen LogP) is 4.19. The van der Waals surface area contributed by atoms with Crippen LogP contribution in [0.1, 0.15) is 28.8 Å². The number of likely N-dealkylation sites (tertiary alicyclic amines) is 1. The van der Waals surface area contributed by atoms with Gasteiger partial charge in [0.05, 0.1) is 10.9 Å². The van der Waals surface area contributed by atoms with E-state index in [-0.39, 0.29) is 17.9 Å². The number of anilines is 4. The number of benzene rings is 2. The van der Waals surface area contributed by atoms with Crippen LogP contribution in [0.25, 0.3) is 0 Å². The minimum Gasteiger partial charge on any atom is -0.366 e. The minimum atomic E-state index is 0.00467. The number of halogens is 1. The van der Waals surface area contributed by atoms with Crippen molar-refractivity contribution in [1.82, 2.24) is 14.9 Å². The highest BCUT2D eigenvalue weighted by Crippen LogP contribution is 2.29. The van der Waals surface area contributed by atoms with Gasteiger partial charge in [-0.2, -0.15) is 4.98 Å². The van der Waals surface area contributed by atoms with Gasteiger partial charge in [0.25, 0.3) is 5.91 Å². The van der Waals surface area contributed by atoms with Crippen molar-refractivity contribution in [1.29, 1.82) is 0 Å². The molecule has 3 heterocycles. The molecule has 0 unspecified atom stereocenters. The van der Waals surface area contributed by atoms with Gasteiger partial charge in [-0.25, -0.2) is 4.98 Å². The molecule has 33 heavy (non-hydrogen) atoms. The summed E-state index contributed by atoms with van der Waals surface area (Å²) in [6, 6.07) is 15.3. The number of piperidine rings is 1. The van der Waals surface area contributed by atoms with E-state index >= 15 is 0 Å². The first-order valence-electron chi connectivity index (χ1n) is 10.9. The number of hydrogen-bond donors (Lipinski definition) is 3. The monoisotopic (exact) mass is 506 g/mol. The molecule has 8 nitrogen and oxygen atoms in total. The van der Waals surface area contributed by atoms with Crippen LogP contribution in [0.3, 0.4) is 0 Å². The summed E-state index contributed by atoms with van der Waals surface area (Å²) in [7, 11) is 0. The molecule has 0 atom stereocenters. The highest BCUT2D eigenvalue weighted by Gasteiger charge is 2.24. The van der Waals surface area contributed by atoms with E-state index in [0.717, 1.165) is 39.8 Å². The fraction of sp³-hybridized carbons (Fsp3) is 0.250. The molecule has 2 aliphatic rings. The molecular formula is C24H23BrN6O2. The van der Waals surface area contributed by atoms with Crippen LogP contribution >= 0.6 is 15.9 Å². The fourth-order valence-corrected chi connectivity index (χ4v) is 4.45. The Hall–Kier alpha value is -3.46. The summed E-state index contributed by atoms with van der Waals surface area (Å²) in [6.07, 6.45) is 3.77. The molecule has 3 aromatic rings. The molecule has 5 rings (SSSR count). The lowest BCUT2D eigenvalue weighted by Gasteiger charge is -2.33. The van der Waals surface area contributed by atoms with Crippen molar-refractivity contribution in [3.8, 4) is 0 Å². The summed E-state index contributed by atoms with van der Waals surface area (Å²) in [5.41, 5.74) is 3.36. The number of hydrogen-bond acceptors (Lipinski definition) is 6. The molecule has 1 fully saturated rings. The molecule has 168 valence electrons. The molecule has 1 aromatic heterocycles. The summed E-state index contributed by atoms with van der Waals surface area (Å²) in [5, 5.41) is 9.54. The van der Waals surface area contributed by atoms with Crippen molar-refractivity contribution in [2.24, 2.45) is 0 Å². The summed E-state index contributed by atoms with van der Waals surface area (Å²) in [6.45, 7) is 1.39. The van der Waals surface area contributed by atoms with Crippen molar-refractivity contribution < 1.29 is 9.59 Å². The molecule has 9 heteroatoms. The number of amides is 2. The third kappa shape index (κ3) is 4.83. The van der Waals surface area contributed by atoms with Crippen molar-refractivity contribution in [3.05, 3.63) is 70.3 Å². The molecule has 0 aliphatic carbocycles. The third-order valence-corrected chi connectivity index (χ3v) is 6.45. The SMILES string of the molecule is O=C1Cc2cc(Nc3ncc(Br)c(NC4CCN(C(=O)c5ccccc5)CC4)n3)ccc2N1. The van der Waals surface area contributed by atoms with E-state index in [0.29, 0.717) is 31.3 Å². The number of nitrogens with zero attached hydrogens (tertiary/aromatic N) is 3. The highest BCUT2D eigenvalue weighted by molar-refractivity contribution is 9.10. The number of rotatable bonds is 5. The molecule has 2 aromatic carbocycles. The zero-order chi connectivity index (χ0) is 22.8. The molecule has 0 saturated carbocycles. The maximum absolute atomic E-state index is 12.7. The summed E-state index contributed by atoms with van der Waals surface area (Å²) < 4.78 is 0.777. The van der Waals surface area contributed by atoms with E-state index in [1.54, 1.807) is 6.20 Å². The van der Waals surface area contributed by atoms with Crippen LogP contribution in [0.2, 0.25) is 0 Å². The molecule has 0 bridgehead atoms. The maximum atomic E-state index is 12.7. The topological polar surface area (TPSA) is 99.3 Å². The summed E-state index contributed by atoms with van der Waals surface area (Å²) in [5.74, 6) is 1.26. The van der Waals surface area contributed by atoms with Gasteiger partial charge in [-0.1, -0.05) is 18.2 Å². The normalized spacial score (nSPS) is 15.7. The standard InChI is InChI=1S/C24H23BrN6O2/c25-19-14-26-24(28-18-6-7-20-16(12-18)13-21(32)29-20)30-22(19)27-17-8-10-31(11-9-17)23(33)15-4-2-1-3-5-15/h1-7,12,14,17H,8-11,13H2,(H,29,32)(H2,26,27,28,30). The van der Waals surface area contributed by atoms with Gasteiger partial charge >= 0.3 is 0 Å². The van der Waals surface area contributed by atoms with Crippen molar-refractivity contribution in [2.45, 2.75) is 25.3 Å². The number of fused-ring (bicyclic) bond motifs is 1. The van der Waals surface area contributed by atoms with Crippen LogP contribution in [0, 0.1) is 0 Å². The van der Waals surface area contributed by atoms with Crippen LogP contribution in [-0.2, 0) is 11.2 Å². The van der Waals surface area contributed by atoms with Gasteiger partial charge in [-0.15, -0.1) is 0 Å². The Labute approximate surface area is 199 Å². The van der Waals surface area contributed by atoms with Crippen LogP contribution in [0.5, 0.6) is 0 Å².